The second-order valence-electron chi connectivity index (χ2n) is 5.51. The van der Waals surface area contributed by atoms with Gasteiger partial charge in [0.1, 0.15) is 5.82 Å². The second kappa shape index (κ2) is 5.58. The maximum Gasteiger partial charge on any atom is 0.141 e. The predicted molar refractivity (Wildman–Crippen MR) is 92.9 cm³/mol. The molecular weight excluding hydrogens is 282 g/mol. The number of hydrogen-bond acceptors (Lipinski definition) is 2. The summed E-state index contributed by atoms with van der Waals surface area (Å²) >= 11 is 0. The third-order valence-electron chi connectivity index (χ3n) is 4.13. The molecule has 0 N–H and O–H groups in total. The van der Waals surface area contributed by atoms with Gasteiger partial charge in [-0.25, -0.2) is 4.98 Å². The Labute approximate surface area is 134 Å². The number of aryl methyl sites for hydroxylation is 1. The van der Waals surface area contributed by atoms with Gasteiger partial charge in [-0.3, -0.25) is 0 Å². The number of hydrogen-bond donors (Lipinski definition) is 0. The van der Waals surface area contributed by atoms with Crippen molar-refractivity contribution < 1.29 is 0 Å². The van der Waals surface area contributed by atoms with Gasteiger partial charge in [0.25, 0.3) is 0 Å². The zero-order valence-electron chi connectivity index (χ0n) is 12.6. The highest BCUT2D eigenvalue weighted by Crippen LogP contribution is 2.30. The molecule has 110 valence electrons. The number of nitrogens with zero attached hydrogens (tertiary/aromatic N) is 3. The van der Waals surface area contributed by atoms with E-state index >= 15 is 0 Å². The first-order valence-corrected chi connectivity index (χ1v) is 7.69. The van der Waals surface area contributed by atoms with Crippen molar-refractivity contribution in [1.82, 2.24) is 9.55 Å². The molecule has 3 aromatic carbocycles. The molecule has 0 radical (unpaired) electrons. The van der Waals surface area contributed by atoms with Crippen molar-refractivity contribution in [3.63, 3.8) is 0 Å². The van der Waals surface area contributed by atoms with Gasteiger partial charge in [-0.2, -0.15) is 5.26 Å². The zero-order valence-corrected chi connectivity index (χ0v) is 12.6. The average Bonchev–Trinajstić information content (AvgIpc) is 2.98. The van der Waals surface area contributed by atoms with Crippen LogP contribution >= 0.6 is 0 Å². The molecule has 23 heavy (non-hydrogen) atoms. The highest BCUT2D eigenvalue weighted by molar-refractivity contribution is 5.96. The van der Waals surface area contributed by atoms with Gasteiger partial charge in [0, 0.05) is 12.1 Å². The van der Waals surface area contributed by atoms with Crippen LogP contribution in [0.25, 0.3) is 33.2 Å². The van der Waals surface area contributed by atoms with Crippen molar-refractivity contribution in [2.75, 3.05) is 0 Å². The highest BCUT2D eigenvalue weighted by Gasteiger charge is 2.14. The van der Waals surface area contributed by atoms with Crippen molar-refractivity contribution in [3.8, 4) is 17.5 Å². The van der Waals surface area contributed by atoms with E-state index in [9.17, 15) is 0 Å². The molecule has 0 aliphatic rings. The van der Waals surface area contributed by atoms with E-state index in [1.807, 2.05) is 30.3 Å². The fourth-order valence-electron chi connectivity index (χ4n) is 3.09. The van der Waals surface area contributed by atoms with Crippen LogP contribution in [0.2, 0.25) is 0 Å². The molecule has 0 aliphatic heterocycles. The maximum absolute atomic E-state index is 8.99. The molecule has 4 aromatic rings. The van der Waals surface area contributed by atoms with Gasteiger partial charge >= 0.3 is 0 Å². The van der Waals surface area contributed by atoms with Crippen LogP contribution in [0.4, 0.5) is 0 Å². The SMILES string of the molecule is N#CCCn1c(-c2cccc3ccccc23)nc2ccccc21. The van der Waals surface area contributed by atoms with Crippen LogP contribution in [0.1, 0.15) is 6.42 Å². The van der Waals surface area contributed by atoms with E-state index < -0.39 is 0 Å². The largest absolute Gasteiger partial charge is 0.323 e. The lowest BCUT2D eigenvalue weighted by Crippen LogP contribution is -2.00. The standard InChI is InChI=1S/C20H15N3/c21-13-6-14-23-19-12-4-3-11-18(19)22-20(23)17-10-5-8-15-7-1-2-9-16(15)17/h1-5,7-12H,6,14H2. The molecule has 0 aliphatic carbocycles. The number of nitriles is 1. The van der Waals surface area contributed by atoms with Gasteiger partial charge in [-0.1, -0.05) is 54.6 Å². The highest BCUT2D eigenvalue weighted by atomic mass is 15.1. The normalized spacial score (nSPS) is 10.9. The molecule has 1 aromatic heterocycles. The van der Waals surface area contributed by atoms with E-state index in [2.05, 4.69) is 47.0 Å². The summed E-state index contributed by atoms with van der Waals surface area (Å²) in [4.78, 5) is 4.84. The number of aromatic nitrogens is 2. The van der Waals surface area contributed by atoms with E-state index in [1.54, 1.807) is 0 Å². The van der Waals surface area contributed by atoms with Crippen LogP contribution < -0.4 is 0 Å². The lowest BCUT2D eigenvalue weighted by Gasteiger charge is -2.09. The molecule has 0 saturated heterocycles. The lowest BCUT2D eigenvalue weighted by molar-refractivity contribution is 0.745. The van der Waals surface area contributed by atoms with Gasteiger partial charge in [0.15, 0.2) is 0 Å². The first-order valence-electron chi connectivity index (χ1n) is 7.69. The molecule has 0 fully saturated rings. The van der Waals surface area contributed by atoms with Crippen molar-refractivity contribution in [2.24, 2.45) is 0 Å². The van der Waals surface area contributed by atoms with Crippen molar-refractivity contribution in [2.45, 2.75) is 13.0 Å². The number of rotatable bonds is 3. The number of benzene rings is 3. The minimum Gasteiger partial charge on any atom is -0.323 e. The van der Waals surface area contributed by atoms with Gasteiger partial charge in [0.2, 0.25) is 0 Å². The van der Waals surface area contributed by atoms with Crippen LogP contribution in [0.3, 0.4) is 0 Å². The van der Waals surface area contributed by atoms with Gasteiger partial charge in [-0.05, 0) is 22.9 Å². The van der Waals surface area contributed by atoms with Crippen LogP contribution in [0, 0.1) is 11.3 Å². The van der Waals surface area contributed by atoms with Crippen molar-refractivity contribution in [1.29, 1.82) is 5.26 Å². The minimum atomic E-state index is 0.470. The lowest BCUT2D eigenvalue weighted by atomic mass is 10.0. The average molecular weight is 297 g/mol. The number of fused-ring (bicyclic) bond motifs is 2. The minimum absolute atomic E-state index is 0.470. The maximum atomic E-state index is 8.99. The molecular formula is C20H15N3. The predicted octanol–water partition coefficient (Wildman–Crippen LogP) is 4.77. The molecule has 3 nitrogen and oxygen atoms in total. The van der Waals surface area contributed by atoms with Crippen LogP contribution in [0.5, 0.6) is 0 Å². The van der Waals surface area contributed by atoms with Gasteiger partial charge in [-0.15, -0.1) is 0 Å². The molecule has 1 heterocycles. The molecule has 0 amide bonds. The third kappa shape index (κ3) is 2.25. The van der Waals surface area contributed by atoms with Crippen LogP contribution in [-0.4, -0.2) is 9.55 Å². The third-order valence-corrected chi connectivity index (χ3v) is 4.13. The molecule has 3 heteroatoms. The van der Waals surface area contributed by atoms with E-state index in [0.29, 0.717) is 13.0 Å². The van der Waals surface area contributed by atoms with Crippen molar-refractivity contribution in [3.05, 3.63) is 66.7 Å². The first-order chi connectivity index (χ1) is 11.4. The Kier molecular flexibility index (Phi) is 3.29. The molecule has 0 unspecified atom stereocenters. The van der Waals surface area contributed by atoms with Gasteiger partial charge < -0.3 is 4.57 Å². The van der Waals surface area contributed by atoms with Crippen LogP contribution in [0.15, 0.2) is 66.7 Å². The zero-order chi connectivity index (χ0) is 15.6. The first kappa shape index (κ1) is 13.5. The summed E-state index contributed by atoms with van der Waals surface area (Å²) < 4.78 is 2.15. The second-order valence-corrected chi connectivity index (χ2v) is 5.51. The summed E-state index contributed by atoms with van der Waals surface area (Å²) in [5, 5.41) is 11.4. The smallest absolute Gasteiger partial charge is 0.141 e. The summed E-state index contributed by atoms with van der Waals surface area (Å²) in [6.45, 7) is 0.648. The summed E-state index contributed by atoms with van der Waals surface area (Å²) in [5.74, 6) is 0.929. The Balaban J connectivity index is 2.02. The molecule has 0 saturated carbocycles. The van der Waals surface area contributed by atoms with E-state index in [1.165, 1.54) is 10.8 Å². The van der Waals surface area contributed by atoms with Crippen LogP contribution in [-0.2, 0) is 6.54 Å². The Morgan fingerprint density at radius 2 is 1.70 bits per heavy atom. The molecule has 4 rings (SSSR count). The van der Waals surface area contributed by atoms with E-state index in [-0.39, 0.29) is 0 Å². The Hall–Kier alpha value is -3.12. The quantitative estimate of drug-likeness (QED) is 0.546. The van der Waals surface area contributed by atoms with Crippen molar-refractivity contribution >= 4 is 21.8 Å². The molecule has 0 atom stereocenters. The van der Waals surface area contributed by atoms with E-state index in [4.69, 9.17) is 10.2 Å². The summed E-state index contributed by atoms with van der Waals surface area (Å²) in [5.41, 5.74) is 3.15. The monoisotopic (exact) mass is 297 g/mol. The molecule has 0 bridgehead atoms. The Bertz CT molecular complexity index is 1030. The number of imidazole rings is 1. The molecule has 0 spiro atoms. The van der Waals surface area contributed by atoms with Gasteiger partial charge in [0.05, 0.1) is 23.5 Å². The summed E-state index contributed by atoms with van der Waals surface area (Å²) in [6, 6.07) is 24.9. The fourth-order valence-corrected chi connectivity index (χ4v) is 3.09. The number of para-hydroxylation sites is 2. The topological polar surface area (TPSA) is 41.6 Å². The Morgan fingerprint density at radius 1 is 0.913 bits per heavy atom. The summed E-state index contributed by atoms with van der Waals surface area (Å²) in [6.07, 6.45) is 0.470. The Morgan fingerprint density at radius 3 is 2.61 bits per heavy atom. The fraction of sp³-hybridized carbons (Fsp3) is 0.100. The summed E-state index contributed by atoms with van der Waals surface area (Å²) in [7, 11) is 0. The van der Waals surface area contributed by atoms with E-state index in [0.717, 1.165) is 22.4 Å².